The summed E-state index contributed by atoms with van der Waals surface area (Å²) in [6.07, 6.45) is 0. The molecule has 114 valence electrons. The number of fused-ring (bicyclic) bond motifs is 5. The quantitative estimate of drug-likeness (QED) is 0.486. The first-order valence-electron chi connectivity index (χ1n) is 8.17. The van der Waals surface area contributed by atoms with E-state index >= 15 is 0 Å². The highest BCUT2D eigenvalue weighted by Crippen LogP contribution is 2.57. The first-order chi connectivity index (χ1) is 11.8. The molecule has 0 bridgehead atoms. The van der Waals surface area contributed by atoms with Crippen LogP contribution in [-0.4, -0.2) is 0 Å². The van der Waals surface area contributed by atoms with Gasteiger partial charge >= 0.3 is 0 Å². The maximum atomic E-state index is 6.84. The summed E-state index contributed by atoms with van der Waals surface area (Å²) in [5.41, 5.74) is 11.2. The standard InChI is InChI=1S/C23H15Cl/c1-14-11-12-18-19(13-14)23(24)22-17-10-6-5-9-16(17)20(21(18)22)15-7-3-2-4-8-15/h2-13H,1H3. The molecule has 0 N–H and O–H groups in total. The summed E-state index contributed by atoms with van der Waals surface area (Å²) in [5, 5.41) is 0.877. The van der Waals surface area contributed by atoms with Crippen molar-refractivity contribution in [1.29, 1.82) is 0 Å². The molecule has 3 aromatic carbocycles. The monoisotopic (exact) mass is 326 g/mol. The van der Waals surface area contributed by atoms with Crippen molar-refractivity contribution in [2.45, 2.75) is 6.92 Å². The third-order valence-electron chi connectivity index (χ3n) is 4.93. The predicted octanol–water partition coefficient (Wildman–Crippen LogP) is 6.39. The van der Waals surface area contributed by atoms with Gasteiger partial charge in [-0.3, -0.25) is 0 Å². The molecule has 0 aromatic heterocycles. The van der Waals surface area contributed by atoms with Crippen LogP contribution in [0, 0.1) is 6.92 Å². The van der Waals surface area contributed by atoms with Crippen molar-refractivity contribution in [3.05, 3.63) is 106 Å². The van der Waals surface area contributed by atoms with Crippen LogP contribution in [0.5, 0.6) is 0 Å². The molecule has 5 rings (SSSR count). The molecule has 0 radical (unpaired) electrons. The lowest BCUT2D eigenvalue weighted by molar-refractivity contribution is 1.44. The Morgan fingerprint density at radius 3 is 1.96 bits per heavy atom. The Morgan fingerprint density at radius 2 is 1.21 bits per heavy atom. The molecule has 24 heavy (non-hydrogen) atoms. The van der Waals surface area contributed by atoms with Crippen LogP contribution in [0.2, 0.25) is 0 Å². The van der Waals surface area contributed by atoms with Gasteiger partial charge in [0.15, 0.2) is 0 Å². The zero-order valence-corrected chi connectivity index (χ0v) is 14.1. The van der Waals surface area contributed by atoms with Crippen LogP contribution in [0.3, 0.4) is 0 Å². The molecule has 0 fully saturated rings. The van der Waals surface area contributed by atoms with Crippen molar-refractivity contribution in [3.63, 3.8) is 0 Å². The van der Waals surface area contributed by atoms with E-state index in [0.717, 1.165) is 10.6 Å². The summed E-state index contributed by atoms with van der Waals surface area (Å²) >= 11 is 6.84. The lowest BCUT2D eigenvalue weighted by Gasteiger charge is -2.10. The maximum Gasteiger partial charge on any atom is 0.0569 e. The Hall–Kier alpha value is -2.57. The van der Waals surface area contributed by atoms with Crippen LogP contribution >= 0.6 is 11.6 Å². The zero-order chi connectivity index (χ0) is 16.3. The second-order valence-electron chi connectivity index (χ2n) is 6.40. The number of hydrogen-bond donors (Lipinski definition) is 0. The van der Waals surface area contributed by atoms with E-state index in [4.69, 9.17) is 11.6 Å². The molecule has 0 atom stereocenters. The minimum absolute atomic E-state index is 0.877. The van der Waals surface area contributed by atoms with Crippen LogP contribution in [0.25, 0.3) is 21.8 Å². The molecule has 1 heteroatoms. The number of rotatable bonds is 1. The van der Waals surface area contributed by atoms with E-state index in [0.29, 0.717) is 0 Å². The van der Waals surface area contributed by atoms with Gasteiger partial charge in [-0.1, -0.05) is 83.9 Å². The topological polar surface area (TPSA) is 0 Å². The molecule has 0 saturated heterocycles. The van der Waals surface area contributed by atoms with E-state index in [-0.39, 0.29) is 0 Å². The van der Waals surface area contributed by atoms with Gasteiger partial charge in [0, 0.05) is 16.7 Å². The summed E-state index contributed by atoms with van der Waals surface area (Å²) in [6, 6.07) is 25.8. The molecule has 2 aliphatic rings. The average Bonchev–Trinajstić information content (AvgIpc) is 3.09. The highest BCUT2D eigenvalue weighted by molar-refractivity contribution is 6.59. The van der Waals surface area contributed by atoms with Crippen molar-refractivity contribution >= 4 is 33.4 Å². The van der Waals surface area contributed by atoms with Gasteiger partial charge in [0.25, 0.3) is 0 Å². The lowest BCUT2D eigenvalue weighted by Crippen LogP contribution is -1.90. The molecule has 0 saturated carbocycles. The fraction of sp³-hybridized carbons (Fsp3) is 0.0435. The highest BCUT2D eigenvalue weighted by atomic mass is 35.5. The summed E-state index contributed by atoms with van der Waals surface area (Å²) in [5.74, 6) is 0. The van der Waals surface area contributed by atoms with Gasteiger partial charge in [0.05, 0.1) is 5.03 Å². The third-order valence-corrected chi connectivity index (χ3v) is 5.32. The number of benzene rings is 3. The first kappa shape index (κ1) is 13.8. The van der Waals surface area contributed by atoms with Crippen LogP contribution in [0.1, 0.15) is 33.4 Å². The second kappa shape index (κ2) is 4.96. The summed E-state index contributed by atoms with van der Waals surface area (Å²) < 4.78 is 0. The Morgan fingerprint density at radius 1 is 0.583 bits per heavy atom. The molecule has 3 aromatic rings. The molecular weight excluding hydrogens is 312 g/mol. The molecule has 2 aliphatic carbocycles. The van der Waals surface area contributed by atoms with Gasteiger partial charge in [0.1, 0.15) is 0 Å². The Balaban J connectivity index is 1.93. The predicted molar refractivity (Wildman–Crippen MR) is 103 cm³/mol. The smallest absolute Gasteiger partial charge is 0.0569 e. The number of allylic oxidation sites excluding steroid dienone is 2. The summed E-state index contributed by atoms with van der Waals surface area (Å²) in [7, 11) is 0. The number of hydrogen-bond acceptors (Lipinski definition) is 0. The Bertz CT molecular complexity index is 1050. The molecule has 0 amide bonds. The number of aryl methyl sites for hydroxylation is 1. The van der Waals surface area contributed by atoms with Crippen LogP contribution in [0.15, 0.2) is 72.8 Å². The molecule has 0 spiro atoms. The molecule has 0 unspecified atom stereocenters. The zero-order valence-electron chi connectivity index (χ0n) is 13.3. The van der Waals surface area contributed by atoms with Crippen LogP contribution < -0.4 is 0 Å². The maximum absolute atomic E-state index is 6.84. The van der Waals surface area contributed by atoms with E-state index in [2.05, 4.69) is 79.7 Å². The average molecular weight is 327 g/mol. The molecule has 0 nitrogen and oxygen atoms in total. The number of halogens is 1. The SMILES string of the molecule is Cc1ccc2c(c1)C(Cl)=C1C2=C(c2ccccc2)c2ccccc21. The van der Waals surface area contributed by atoms with Gasteiger partial charge in [-0.15, -0.1) is 0 Å². The minimum atomic E-state index is 0.877. The van der Waals surface area contributed by atoms with Crippen molar-refractivity contribution in [1.82, 2.24) is 0 Å². The van der Waals surface area contributed by atoms with Gasteiger partial charge < -0.3 is 0 Å². The molecular formula is C23H15Cl. The van der Waals surface area contributed by atoms with E-state index in [9.17, 15) is 0 Å². The van der Waals surface area contributed by atoms with Gasteiger partial charge in [-0.2, -0.15) is 0 Å². The Kier molecular flexibility index (Phi) is 2.86. The van der Waals surface area contributed by atoms with Crippen molar-refractivity contribution in [2.24, 2.45) is 0 Å². The van der Waals surface area contributed by atoms with E-state index < -0.39 is 0 Å². The van der Waals surface area contributed by atoms with Gasteiger partial charge in [0.2, 0.25) is 0 Å². The van der Waals surface area contributed by atoms with Crippen molar-refractivity contribution in [3.8, 4) is 0 Å². The minimum Gasteiger partial charge on any atom is -0.0830 e. The summed E-state index contributed by atoms with van der Waals surface area (Å²) in [4.78, 5) is 0. The van der Waals surface area contributed by atoms with Crippen LogP contribution in [-0.2, 0) is 0 Å². The van der Waals surface area contributed by atoms with E-state index in [1.807, 2.05) is 0 Å². The van der Waals surface area contributed by atoms with Crippen LogP contribution in [0.4, 0.5) is 0 Å². The largest absolute Gasteiger partial charge is 0.0830 e. The van der Waals surface area contributed by atoms with E-state index in [1.54, 1.807) is 0 Å². The van der Waals surface area contributed by atoms with Crippen molar-refractivity contribution < 1.29 is 0 Å². The molecule has 0 aliphatic heterocycles. The van der Waals surface area contributed by atoms with Gasteiger partial charge in [-0.05, 0) is 40.8 Å². The summed E-state index contributed by atoms with van der Waals surface area (Å²) in [6.45, 7) is 2.11. The Labute approximate surface area is 146 Å². The fourth-order valence-electron chi connectivity index (χ4n) is 3.91. The van der Waals surface area contributed by atoms with Crippen molar-refractivity contribution in [2.75, 3.05) is 0 Å². The molecule has 0 heterocycles. The fourth-order valence-corrected chi connectivity index (χ4v) is 4.26. The second-order valence-corrected chi connectivity index (χ2v) is 6.78. The van der Waals surface area contributed by atoms with Gasteiger partial charge in [-0.25, -0.2) is 0 Å². The normalized spacial score (nSPS) is 14.8. The third kappa shape index (κ3) is 1.75. The first-order valence-corrected chi connectivity index (χ1v) is 8.54. The lowest BCUT2D eigenvalue weighted by atomic mass is 9.94. The van der Waals surface area contributed by atoms with E-state index in [1.165, 1.54) is 44.5 Å². The highest BCUT2D eigenvalue weighted by Gasteiger charge is 2.36.